The molecule has 0 fully saturated rings. The summed E-state index contributed by atoms with van der Waals surface area (Å²) < 4.78 is 13.7. The fourth-order valence-electron chi connectivity index (χ4n) is 2.21. The molecule has 10 heteroatoms. The number of halogens is 1. The molecule has 2 rings (SSSR count). The van der Waals surface area contributed by atoms with E-state index in [4.69, 9.17) is 27.4 Å². The second-order valence-corrected chi connectivity index (χ2v) is 6.47. The van der Waals surface area contributed by atoms with Crippen molar-refractivity contribution in [3.8, 4) is 11.5 Å². The number of ether oxygens (including phenoxy) is 2. The summed E-state index contributed by atoms with van der Waals surface area (Å²) in [4.78, 5) is 10.9. The van der Waals surface area contributed by atoms with Crippen LogP contribution >= 0.6 is 28.1 Å². The Bertz CT molecular complexity index is 805. The number of nitrogens with zero attached hydrogens (tertiary/aromatic N) is 2. The fourth-order valence-corrected chi connectivity index (χ4v) is 3.03. The summed E-state index contributed by atoms with van der Waals surface area (Å²) in [5, 5.41) is 6.99. The van der Waals surface area contributed by atoms with E-state index in [1.807, 2.05) is 12.1 Å². The van der Waals surface area contributed by atoms with E-state index in [1.54, 1.807) is 4.68 Å². The number of primary amides is 1. The fraction of sp³-hybridized carbons (Fsp3) is 0.400. The van der Waals surface area contributed by atoms with Crippen LogP contribution in [0.4, 0.5) is 0 Å². The Morgan fingerprint density at radius 3 is 2.92 bits per heavy atom. The molecule has 25 heavy (non-hydrogen) atoms. The van der Waals surface area contributed by atoms with Gasteiger partial charge in [-0.2, -0.15) is 5.10 Å². The molecule has 0 aliphatic carbocycles. The van der Waals surface area contributed by atoms with Crippen molar-refractivity contribution in [1.82, 2.24) is 14.9 Å². The molecule has 136 valence electrons. The Kier molecular flexibility index (Phi) is 6.82. The molecular formula is C15H20BrN5O3S. The lowest BCUT2D eigenvalue weighted by Gasteiger charge is -2.15. The Balaban J connectivity index is 2.18. The van der Waals surface area contributed by atoms with Crippen molar-refractivity contribution in [2.24, 2.45) is 5.73 Å². The number of H-pyrrole nitrogens is 1. The van der Waals surface area contributed by atoms with Gasteiger partial charge in [-0.25, -0.2) is 4.68 Å². The van der Waals surface area contributed by atoms with Crippen LogP contribution in [0, 0.1) is 4.77 Å². The van der Waals surface area contributed by atoms with Crippen molar-refractivity contribution in [2.45, 2.75) is 26.3 Å². The normalized spacial score (nSPS) is 10.5. The lowest BCUT2D eigenvalue weighted by molar-refractivity contribution is -0.119. The summed E-state index contributed by atoms with van der Waals surface area (Å²) in [5.74, 6) is 1.21. The number of hydrogen-bond donors (Lipinski definition) is 3. The van der Waals surface area contributed by atoms with Crippen LogP contribution < -0.4 is 20.6 Å². The molecule has 1 aromatic carbocycles. The zero-order valence-corrected chi connectivity index (χ0v) is 16.4. The molecule has 0 saturated heterocycles. The number of aromatic amines is 1. The van der Waals surface area contributed by atoms with E-state index in [2.05, 4.69) is 38.5 Å². The highest BCUT2D eigenvalue weighted by Gasteiger charge is 2.13. The van der Waals surface area contributed by atoms with Gasteiger partial charge in [-0.05, 0) is 52.3 Å². The zero-order valence-electron chi connectivity index (χ0n) is 14.0. The van der Waals surface area contributed by atoms with E-state index in [9.17, 15) is 4.79 Å². The average Bonchev–Trinajstić information content (AvgIpc) is 2.91. The lowest BCUT2D eigenvalue weighted by Crippen LogP contribution is -2.20. The van der Waals surface area contributed by atoms with Crippen LogP contribution in [0.5, 0.6) is 11.5 Å². The minimum atomic E-state index is -0.558. The van der Waals surface area contributed by atoms with Gasteiger partial charge in [-0.1, -0.05) is 6.92 Å². The van der Waals surface area contributed by atoms with E-state index in [-0.39, 0.29) is 6.61 Å². The largest absolute Gasteiger partial charge is 0.493 e. The van der Waals surface area contributed by atoms with Gasteiger partial charge < -0.3 is 20.6 Å². The molecule has 0 aliphatic heterocycles. The molecule has 0 spiro atoms. The summed E-state index contributed by atoms with van der Waals surface area (Å²) in [5.41, 5.74) is 9.28. The molecule has 1 aromatic heterocycles. The topological polar surface area (TPSA) is 107 Å². The number of nitrogens with one attached hydrogen (secondary N) is 2. The van der Waals surface area contributed by atoms with Crippen molar-refractivity contribution >= 4 is 34.1 Å². The molecule has 0 bridgehead atoms. The molecule has 2 aromatic rings. The van der Waals surface area contributed by atoms with Gasteiger partial charge in [0, 0.05) is 6.42 Å². The van der Waals surface area contributed by atoms with Crippen LogP contribution in [0.25, 0.3) is 0 Å². The number of benzene rings is 1. The maximum absolute atomic E-state index is 10.9. The van der Waals surface area contributed by atoms with Gasteiger partial charge in [-0.3, -0.25) is 9.89 Å². The molecule has 0 aliphatic rings. The highest BCUT2D eigenvalue weighted by molar-refractivity contribution is 9.10. The molecule has 1 amide bonds. The predicted molar refractivity (Wildman–Crippen MR) is 99.9 cm³/mol. The van der Waals surface area contributed by atoms with Crippen LogP contribution in [0.2, 0.25) is 0 Å². The third-order valence-electron chi connectivity index (χ3n) is 3.30. The van der Waals surface area contributed by atoms with E-state index >= 15 is 0 Å². The van der Waals surface area contributed by atoms with E-state index in [0.29, 0.717) is 27.3 Å². The Morgan fingerprint density at radius 1 is 1.52 bits per heavy atom. The SMILES string of the molecule is CCCc1n[nH]c(=S)n1NCc1cc(Br)c(OCC(N)=O)c(OC)c1. The van der Waals surface area contributed by atoms with E-state index < -0.39 is 5.91 Å². The van der Waals surface area contributed by atoms with Gasteiger partial charge in [0.05, 0.1) is 18.1 Å². The first-order valence-corrected chi connectivity index (χ1v) is 8.84. The Labute approximate surface area is 158 Å². The Hall–Kier alpha value is -2.07. The van der Waals surface area contributed by atoms with Crippen LogP contribution in [0.3, 0.4) is 0 Å². The molecule has 0 atom stereocenters. The molecule has 0 radical (unpaired) electrons. The summed E-state index contributed by atoms with van der Waals surface area (Å²) in [7, 11) is 1.53. The summed E-state index contributed by atoms with van der Waals surface area (Å²) in [6, 6.07) is 3.69. The van der Waals surface area contributed by atoms with Gasteiger partial charge >= 0.3 is 0 Å². The summed E-state index contributed by atoms with van der Waals surface area (Å²) in [6.45, 7) is 2.35. The van der Waals surface area contributed by atoms with Gasteiger partial charge in [0.25, 0.3) is 5.91 Å². The second-order valence-electron chi connectivity index (χ2n) is 5.23. The van der Waals surface area contributed by atoms with Crippen LogP contribution in [-0.4, -0.2) is 34.5 Å². The van der Waals surface area contributed by atoms with Gasteiger partial charge in [0.15, 0.2) is 23.9 Å². The van der Waals surface area contributed by atoms with Crippen molar-refractivity contribution in [2.75, 3.05) is 19.1 Å². The van der Waals surface area contributed by atoms with Crippen LogP contribution in [0.1, 0.15) is 24.7 Å². The minimum Gasteiger partial charge on any atom is -0.493 e. The molecule has 0 saturated carbocycles. The maximum Gasteiger partial charge on any atom is 0.255 e. The first kappa shape index (κ1) is 19.3. The maximum atomic E-state index is 10.9. The number of carbonyl (C=O) groups is 1. The number of methoxy groups -OCH3 is 1. The van der Waals surface area contributed by atoms with Crippen molar-refractivity contribution in [3.05, 3.63) is 32.8 Å². The number of aromatic nitrogens is 3. The molecule has 4 N–H and O–H groups in total. The van der Waals surface area contributed by atoms with Crippen molar-refractivity contribution < 1.29 is 14.3 Å². The number of aryl methyl sites for hydroxylation is 1. The van der Waals surface area contributed by atoms with Crippen LogP contribution in [-0.2, 0) is 17.8 Å². The summed E-state index contributed by atoms with van der Waals surface area (Å²) in [6.07, 6.45) is 1.78. The van der Waals surface area contributed by atoms with Crippen molar-refractivity contribution in [1.29, 1.82) is 0 Å². The smallest absolute Gasteiger partial charge is 0.255 e. The molecule has 0 unspecified atom stereocenters. The highest BCUT2D eigenvalue weighted by atomic mass is 79.9. The molecule has 1 heterocycles. The first-order chi connectivity index (χ1) is 12.0. The quantitative estimate of drug-likeness (QED) is 0.527. The predicted octanol–water partition coefficient (Wildman–Crippen LogP) is 2.27. The zero-order chi connectivity index (χ0) is 18.4. The lowest BCUT2D eigenvalue weighted by atomic mass is 10.2. The average molecular weight is 430 g/mol. The number of nitrogens with two attached hydrogens (primary N) is 1. The third kappa shape index (κ3) is 4.95. The summed E-state index contributed by atoms with van der Waals surface area (Å²) >= 11 is 8.67. The highest BCUT2D eigenvalue weighted by Crippen LogP contribution is 2.36. The van der Waals surface area contributed by atoms with Crippen LogP contribution in [0.15, 0.2) is 16.6 Å². The molecular weight excluding hydrogens is 410 g/mol. The van der Waals surface area contributed by atoms with Gasteiger partial charge in [0.1, 0.15) is 0 Å². The van der Waals surface area contributed by atoms with Gasteiger partial charge in [0.2, 0.25) is 4.77 Å². The second kappa shape index (κ2) is 8.86. The number of rotatable bonds is 9. The van der Waals surface area contributed by atoms with E-state index in [1.165, 1.54) is 7.11 Å². The Morgan fingerprint density at radius 2 is 2.28 bits per heavy atom. The number of carbonyl (C=O) groups excluding carboxylic acids is 1. The minimum absolute atomic E-state index is 0.225. The van der Waals surface area contributed by atoms with E-state index in [0.717, 1.165) is 24.2 Å². The monoisotopic (exact) mass is 429 g/mol. The van der Waals surface area contributed by atoms with Gasteiger partial charge in [-0.15, -0.1) is 0 Å². The first-order valence-electron chi connectivity index (χ1n) is 7.64. The number of hydrogen-bond acceptors (Lipinski definition) is 6. The third-order valence-corrected chi connectivity index (χ3v) is 4.17. The molecule has 8 nitrogen and oxygen atoms in total. The number of amides is 1. The van der Waals surface area contributed by atoms with Crippen molar-refractivity contribution in [3.63, 3.8) is 0 Å². The standard InChI is InChI=1S/C15H20BrN5O3S/c1-3-4-13-19-20-15(25)21(13)18-7-9-5-10(16)14(11(6-9)23-2)24-8-12(17)22/h5-6,18H,3-4,7-8H2,1-2H3,(H2,17,22)(H,20,25).